The molecule has 0 spiro atoms. The lowest BCUT2D eigenvalue weighted by Gasteiger charge is -2.62. The molecule has 0 aromatic carbocycles. The second-order valence-electron chi connectivity index (χ2n) is 6.51. The van der Waals surface area contributed by atoms with E-state index < -0.39 is 0 Å². The van der Waals surface area contributed by atoms with Crippen LogP contribution in [0.4, 0.5) is 5.82 Å². The lowest BCUT2D eigenvalue weighted by molar-refractivity contribution is 0.0971. The van der Waals surface area contributed by atoms with Crippen molar-refractivity contribution in [2.45, 2.75) is 46.6 Å². The van der Waals surface area contributed by atoms with Crippen molar-refractivity contribution in [2.24, 2.45) is 5.41 Å². The third-order valence-electron chi connectivity index (χ3n) is 4.85. The summed E-state index contributed by atoms with van der Waals surface area (Å²) in [6.45, 7) is 12.5. The van der Waals surface area contributed by atoms with E-state index in [1.54, 1.807) is 17.7 Å². The summed E-state index contributed by atoms with van der Waals surface area (Å²) >= 11 is 1.79. The Balaban J connectivity index is 2.09. The quantitative estimate of drug-likeness (QED) is 0.833. The molecular weight excluding hydrogens is 254 g/mol. The molecule has 0 atom stereocenters. The number of fused-ring (bicyclic) bond motifs is 1. The minimum atomic E-state index is 0.141. The van der Waals surface area contributed by atoms with Gasteiger partial charge in [-0.25, -0.2) is 9.97 Å². The zero-order valence-electron chi connectivity index (χ0n) is 12.3. The first-order valence-electron chi connectivity index (χ1n) is 6.88. The van der Waals surface area contributed by atoms with Crippen molar-refractivity contribution in [3.63, 3.8) is 0 Å². The van der Waals surface area contributed by atoms with Crippen LogP contribution in [-0.2, 0) is 6.42 Å². The van der Waals surface area contributed by atoms with E-state index in [0.717, 1.165) is 23.6 Å². The average molecular weight is 275 g/mol. The Labute approximate surface area is 118 Å². The number of anilines is 1. The van der Waals surface area contributed by atoms with Gasteiger partial charge in [0.05, 0.1) is 5.39 Å². The molecule has 0 saturated carbocycles. The Morgan fingerprint density at radius 2 is 2.00 bits per heavy atom. The van der Waals surface area contributed by atoms with Gasteiger partial charge in [-0.1, -0.05) is 20.8 Å². The molecule has 1 aliphatic rings. The monoisotopic (exact) mass is 275 g/mol. The number of rotatable bonds is 2. The standard InChI is InChI=1S/C15H21N3S/c1-6-10-7-11-12(16-9-17-13(11)19-10)18-8-14(2,3)15(18,4)5/h7,9H,6,8H2,1-5H3. The largest absolute Gasteiger partial charge is 0.350 e. The molecule has 2 aromatic rings. The van der Waals surface area contributed by atoms with Crippen LogP contribution in [0.15, 0.2) is 12.4 Å². The van der Waals surface area contributed by atoms with Gasteiger partial charge in [0, 0.05) is 22.4 Å². The molecule has 1 saturated heterocycles. The van der Waals surface area contributed by atoms with Gasteiger partial charge in [0.1, 0.15) is 17.0 Å². The summed E-state index contributed by atoms with van der Waals surface area (Å²) in [4.78, 5) is 13.9. The Morgan fingerprint density at radius 1 is 1.26 bits per heavy atom. The summed E-state index contributed by atoms with van der Waals surface area (Å²) in [6.07, 6.45) is 2.77. The van der Waals surface area contributed by atoms with Gasteiger partial charge in [0.15, 0.2) is 0 Å². The summed E-state index contributed by atoms with van der Waals surface area (Å²) in [6, 6.07) is 2.26. The molecule has 0 N–H and O–H groups in total. The lowest BCUT2D eigenvalue weighted by atomic mass is 9.65. The van der Waals surface area contributed by atoms with E-state index in [1.807, 2.05) is 0 Å². The van der Waals surface area contributed by atoms with Gasteiger partial charge in [0.25, 0.3) is 0 Å². The maximum absolute atomic E-state index is 4.56. The Kier molecular flexibility index (Phi) is 2.65. The third-order valence-corrected chi connectivity index (χ3v) is 6.04. The van der Waals surface area contributed by atoms with Crippen molar-refractivity contribution < 1.29 is 0 Å². The van der Waals surface area contributed by atoms with E-state index in [1.165, 1.54) is 10.3 Å². The van der Waals surface area contributed by atoms with Gasteiger partial charge in [-0.2, -0.15) is 0 Å². The van der Waals surface area contributed by atoms with Crippen LogP contribution in [0.25, 0.3) is 10.2 Å². The van der Waals surface area contributed by atoms with Crippen molar-refractivity contribution in [3.8, 4) is 0 Å². The molecule has 19 heavy (non-hydrogen) atoms. The topological polar surface area (TPSA) is 29.0 Å². The normalized spacial score (nSPS) is 20.6. The fraction of sp³-hybridized carbons (Fsp3) is 0.600. The Morgan fingerprint density at radius 3 is 2.58 bits per heavy atom. The van der Waals surface area contributed by atoms with E-state index in [4.69, 9.17) is 0 Å². The molecule has 0 bridgehead atoms. The lowest BCUT2D eigenvalue weighted by Crippen LogP contribution is -2.69. The molecule has 0 radical (unpaired) electrons. The van der Waals surface area contributed by atoms with Gasteiger partial charge < -0.3 is 4.90 Å². The molecule has 1 fully saturated rings. The van der Waals surface area contributed by atoms with E-state index in [-0.39, 0.29) is 5.54 Å². The fourth-order valence-corrected chi connectivity index (χ4v) is 3.61. The Bertz CT molecular complexity index is 627. The van der Waals surface area contributed by atoms with Crippen LogP contribution in [0.5, 0.6) is 0 Å². The van der Waals surface area contributed by atoms with Crippen LogP contribution >= 0.6 is 11.3 Å². The molecule has 0 aliphatic carbocycles. The SMILES string of the molecule is CCc1cc2c(N3CC(C)(C)C3(C)C)ncnc2s1. The van der Waals surface area contributed by atoms with Crippen LogP contribution in [0.1, 0.15) is 39.5 Å². The highest BCUT2D eigenvalue weighted by Gasteiger charge is 2.53. The summed E-state index contributed by atoms with van der Waals surface area (Å²) in [7, 11) is 0. The van der Waals surface area contributed by atoms with Gasteiger partial charge in [0.2, 0.25) is 0 Å². The number of hydrogen-bond donors (Lipinski definition) is 0. The van der Waals surface area contributed by atoms with Gasteiger partial charge >= 0.3 is 0 Å². The number of thiophene rings is 1. The first-order chi connectivity index (χ1) is 8.87. The number of hydrogen-bond acceptors (Lipinski definition) is 4. The molecule has 2 aromatic heterocycles. The van der Waals surface area contributed by atoms with Crippen LogP contribution in [-0.4, -0.2) is 22.1 Å². The molecule has 3 heterocycles. The summed E-state index contributed by atoms with van der Waals surface area (Å²) in [5.74, 6) is 1.10. The van der Waals surface area contributed by atoms with E-state index in [2.05, 4.69) is 55.6 Å². The zero-order chi connectivity index (χ0) is 13.8. The first kappa shape index (κ1) is 12.9. The maximum atomic E-state index is 4.56. The van der Waals surface area contributed by atoms with Crippen LogP contribution in [0, 0.1) is 5.41 Å². The van der Waals surface area contributed by atoms with Crippen molar-refractivity contribution in [1.29, 1.82) is 0 Å². The minimum absolute atomic E-state index is 0.141. The minimum Gasteiger partial charge on any atom is -0.350 e. The highest BCUT2D eigenvalue weighted by molar-refractivity contribution is 7.18. The first-order valence-corrected chi connectivity index (χ1v) is 7.69. The van der Waals surface area contributed by atoms with Crippen molar-refractivity contribution in [1.82, 2.24) is 9.97 Å². The van der Waals surface area contributed by atoms with Gasteiger partial charge in [-0.3, -0.25) is 0 Å². The fourth-order valence-electron chi connectivity index (χ4n) is 2.68. The highest BCUT2D eigenvalue weighted by atomic mass is 32.1. The Hall–Kier alpha value is -1.16. The summed E-state index contributed by atoms with van der Waals surface area (Å²) in [5, 5.41) is 1.22. The van der Waals surface area contributed by atoms with Gasteiger partial charge in [-0.15, -0.1) is 11.3 Å². The molecule has 0 unspecified atom stereocenters. The van der Waals surface area contributed by atoms with Crippen LogP contribution in [0.3, 0.4) is 0 Å². The van der Waals surface area contributed by atoms with Crippen molar-refractivity contribution >= 4 is 27.4 Å². The van der Waals surface area contributed by atoms with Crippen LogP contribution in [0.2, 0.25) is 0 Å². The van der Waals surface area contributed by atoms with Gasteiger partial charge in [-0.05, 0) is 26.3 Å². The third kappa shape index (κ3) is 1.69. The molecule has 3 nitrogen and oxygen atoms in total. The second-order valence-corrected chi connectivity index (χ2v) is 7.63. The van der Waals surface area contributed by atoms with E-state index in [0.29, 0.717) is 5.41 Å². The van der Waals surface area contributed by atoms with E-state index >= 15 is 0 Å². The van der Waals surface area contributed by atoms with Crippen molar-refractivity contribution in [2.75, 3.05) is 11.4 Å². The molecular formula is C15H21N3S. The molecule has 1 aliphatic heterocycles. The van der Waals surface area contributed by atoms with Crippen LogP contribution < -0.4 is 4.90 Å². The predicted molar refractivity (Wildman–Crippen MR) is 82.0 cm³/mol. The second kappa shape index (κ2) is 3.92. The number of aromatic nitrogens is 2. The number of nitrogens with zero attached hydrogens (tertiary/aromatic N) is 3. The molecule has 4 heteroatoms. The van der Waals surface area contributed by atoms with Crippen molar-refractivity contribution in [3.05, 3.63) is 17.3 Å². The average Bonchev–Trinajstić information content (AvgIpc) is 2.79. The molecule has 0 amide bonds. The zero-order valence-corrected chi connectivity index (χ0v) is 13.1. The summed E-state index contributed by atoms with van der Waals surface area (Å²) < 4.78 is 0. The predicted octanol–water partition coefficient (Wildman–Crippen LogP) is 3.88. The smallest absolute Gasteiger partial charge is 0.141 e. The highest BCUT2D eigenvalue weighted by Crippen LogP contribution is 2.49. The van der Waals surface area contributed by atoms with E-state index in [9.17, 15) is 0 Å². The molecule has 3 rings (SSSR count). The molecule has 102 valence electrons. The maximum Gasteiger partial charge on any atom is 0.141 e. The number of aryl methyl sites for hydroxylation is 1. The summed E-state index contributed by atoms with van der Waals surface area (Å²) in [5.41, 5.74) is 0.469.